The largest absolute Gasteiger partial charge is 0.481 e. The maximum atomic E-state index is 11.0. The zero-order valence-corrected chi connectivity index (χ0v) is 10.4. The minimum absolute atomic E-state index is 0.214. The summed E-state index contributed by atoms with van der Waals surface area (Å²) in [6.45, 7) is 7.75. The summed E-state index contributed by atoms with van der Waals surface area (Å²) in [4.78, 5) is 13.2. The van der Waals surface area contributed by atoms with Crippen molar-refractivity contribution in [3.05, 3.63) is 0 Å². The highest BCUT2D eigenvalue weighted by Gasteiger charge is 2.33. The van der Waals surface area contributed by atoms with E-state index in [4.69, 9.17) is 5.11 Å². The Morgan fingerprint density at radius 3 is 2.62 bits per heavy atom. The molecule has 0 aromatic carbocycles. The van der Waals surface area contributed by atoms with Gasteiger partial charge in [-0.2, -0.15) is 0 Å². The van der Waals surface area contributed by atoms with Crippen LogP contribution in [-0.2, 0) is 4.79 Å². The lowest BCUT2D eigenvalue weighted by atomic mass is 9.88. The smallest absolute Gasteiger partial charge is 0.310 e. The van der Waals surface area contributed by atoms with Gasteiger partial charge in [-0.05, 0) is 32.6 Å². The third-order valence-electron chi connectivity index (χ3n) is 3.50. The van der Waals surface area contributed by atoms with Gasteiger partial charge in [-0.3, -0.25) is 4.79 Å². The molecule has 1 aliphatic rings. The molecular formula is C12H23NO3. The average Bonchev–Trinajstić information content (AvgIpc) is 2.20. The summed E-state index contributed by atoms with van der Waals surface area (Å²) < 4.78 is 0. The van der Waals surface area contributed by atoms with Gasteiger partial charge in [0, 0.05) is 19.6 Å². The molecule has 4 heteroatoms. The third-order valence-corrected chi connectivity index (χ3v) is 3.50. The highest BCUT2D eigenvalue weighted by atomic mass is 16.4. The normalized spacial score (nSPS) is 28.0. The highest BCUT2D eigenvalue weighted by molar-refractivity contribution is 5.73. The molecule has 0 bridgehead atoms. The lowest BCUT2D eigenvalue weighted by Gasteiger charge is -2.38. The molecule has 0 aromatic rings. The summed E-state index contributed by atoms with van der Waals surface area (Å²) in [5.41, 5.74) is -0.708. The van der Waals surface area contributed by atoms with E-state index in [2.05, 4.69) is 11.8 Å². The number of nitrogens with zero attached hydrogens (tertiary/aromatic N) is 1. The number of piperidine rings is 1. The van der Waals surface area contributed by atoms with E-state index in [0.29, 0.717) is 12.5 Å². The number of aliphatic hydroxyl groups is 1. The van der Waals surface area contributed by atoms with Gasteiger partial charge < -0.3 is 15.1 Å². The van der Waals surface area contributed by atoms with Crippen LogP contribution in [0.4, 0.5) is 0 Å². The topological polar surface area (TPSA) is 60.8 Å². The van der Waals surface area contributed by atoms with Gasteiger partial charge in [-0.1, -0.05) is 6.92 Å². The molecule has 0 spiro atoms. The maximum Gasteiger partial charge on any atom is 0.310 e. The number of carboxylic acid groups (broad SMARTS) is 1. The second kappa shape index (κ2) is 5.15. The summed E-state index contributed by atoms with van der Waals surface area (Å²) in [5.74, 6) is -0.468. The van der Waals surface area contributed by atoms with E-state index in [1.54, 1.807) is 13.8 Å². The SMILES string of the molecule is CCC1CN(CC(C)(C)C(=O)O)CCC1O. The lowest BCUT2D eigenvalue weighted by Crippen LogP contribution is -2.48. The van der Waals surface area contributed by atoms with Gasteiger partial charge in [-0.25, -0.2) is 0 Å². The molecule has 1 saturated heterocycles. The van der Waals surface area contributed by atoms with E-state index in [1.807, 2.05) is 0 Å². The fourth-order valence-electron chi connectivity index (χ4n) is 2.27. The van der Waals surface area contributed by atoms with Crippen molar-refractivity contribution in [2.24, 2.45) is 11.3 Å². The molecule has 16 heavy (non-hydrogen) atoms. The van der Waals surface area contributed by atoms with Crippen molar-refractivity contribution >= 4 is 5.97 Å². The quantitative estimate of drug-likeness (QED) is 0.760. The van der Waals surface area contributed by atoms with Gasteiger partial charge in [-0.15, -0.1) is 0 Å². The molecule has 0 aliphatic carbocycles. The Morgan fingerprint density at radius 1 is 1.50 bits per heavy atom. The summed E-state index contributed by atoms with van der Waals surface area (Å²) in [6.07, 6.45) is 1.49. The number of rotatable bonds is 4. The Kier molecular flexibility index (Phi) is 4.33. The lowest BCUT2D eigenvalue weighted by molar-refractivity contribution is -0.148. The first-order valence-electron chi connectivity index (χ1n) is 6.00. The molecule has 2 unspecified atom stereocenters. The average molecular weight is 229 g/mol. The Balaban J connectivity index is 2.53. The number of carboxylic acids is 1. The van der Waals surface area contributed by atoms with Crippen LogP contribution in [0.2, 0.25) is 0 Å². The van der Waals surface area contributed by atoms with E-state index in [0.717, 1.165) is 25.9 Å². The van der Waals surface area contributed by atoms with Crippen LogP contribution in [0.3, 0.4) is 0 Å². The molecule has 94 valence electrons. The van der Waals surface area contributed by atoms with Crippen LogP contribution in [0.25, 0.3) is 0 Å². The Labute approximate surface area is 97.3 Å². The molecule has 1 heterocycles. The van der Waals surface area contributed by atoms with Crippen LogP contribution in [0.5, 0.6) is 0 Å². The van der Waals surface area contributed by atoms with Gasteiger partial charge in [0.1, 0.15) is 0 Å². The summed E-state index contributed by atoms with van der Waals surface area (Å²) in [7, 11) is 0. The van der Waals surface area contributed by atoms with Crippen LogP contribution in [0, 0.1) is 11.3 Å². The van der Waals surface area contributed by atoms with E-state index in [1.165, 1.54) is 0 Å². The molecule has 1 aliphatic heterocycles. The molecule has 0 amide bonds. The van der Waals surface area contributed by atoms with E-state index < -0.39 is 11.4 Å². The zero-order valence-electron chi connectivity index (χ0n) is 10.4. The number of aliphatic hydroxyl groups excluding tert-OH is 1. The molecule has 2 atom stereocenters. The van der Waals surface area contributed by atoms with Crippen LogP contribution in [-0.4, -0.2) is 46.8 Å². The van der Waals surface area contributed by atoms with Crippen LogP contribution >= 0.6 is 0 Å². The van der Waals surface area contributed by atoms with Crippen molar-refractivity contribution in [2.45, 2.75) is 39.7 Å². The number of carbonyl (C=O) groups is 1. The highest BCUT2D eigenvalue weighted by Crippen LogP contribution is 2.24. The standard InChI is InChI=1S/C12H23NO3/c1-4-9-7-13(6-5-10(9)14)8-12(2,3)11(15)16/h9-10,14H,4-8H2,1-3H3,(H,15,16). The molecule has 2 N–H and O–H groups in total. The zero-order chi connectivity index (χ0) is 12.3. The van der Waals surface area contributed by atoms with Crippen LogP contribution < -0.4 is 0 Å². The van der Waals surface area contributed by atoms with Gasteiger partial charge in [0.25, 0.3) is 0 Å². The van der Waals surface area contributed by atoms with E-state index in [9.17, 15) is 9.90 Å². The maximum absolute atomic E-state index is 11.0. The number of hydrogen-bond donors (Lipinski definition) is 2. The summed E-state index contributed by atoms with van der Waals surface area (Å²) in [5, 5.41) is 18.8. The molecule has 0 saturated carbocycles. The van der Waals surface area contributed by atoms with Gasteiger partial charge >= 0.3 is 5.97 Å². The molecule has 1 fully saturated rings. The number of likely N-dealkylation sites (tertiary alicyclic amines) is 1. The monoisotopic (exact) mass is 229 g/mol. The number of aliphatic carboxylic acids is 1. The first-order chi connectivity index (χ1) is 7.36. The molecule has 1 rings (SSSR count). The first-order valence-corrected chi connectivity index (χ1v) is 6.00. The Morgan fingerprint density at radius 2 is 2.12 bits per heavy atom. The molecular weight excluding hydrogens is 206 g/mol. The van der Waals surface area contributed by atoms with Crippen molar-refractivity contribution in [2.75, 3.05) is 19.6 Å². The van der Waals surface area contributed by atoms with E-state index >= 15 is 0 Å². The van der Waals surface area contributed by atoms with Crippen LogP contribution in [0.15, 0.2) is 0 Å². The van der Waals surface area contributed by atoms with Crippen LogP contribution in [0.1, 0.15) is 33.6 Å². The van der Waals surface area contributed by atoms with Gasteiger partial charge in [0.15, 0.2) is 0 Å². The Bertz CT molecular complexity index is 253. The summed E-state index contributed by atoms with van der Waals surface area (Å²) >= 11 is 0. The summed E-state index contributed by atoms with van der Waals surface area (Å²) in [6, 6.07) is 0. The predicted molar refractivity (Wildman–Crippen MR) is 62.3 cm³/mol. The molecule has 4 nitrogen and oxygen atoms in total. The van der Waals surface area contributed by atoms with Crippen molar-refractivity contribution in [3.63, 3.8) is 0 Å². The van der Waals surface area contributed by atoms with Crippen molar-refractivity contribution in [1.29, 1.82) is 0 Å². The van der Waals surface area contributed by atoms with Gasteiger partial charge in [0.2, 0.25) is 0 Å². The first kappa shape index (κ1) is 13.5. The Hall–Kier alpha value is -0.610. The van der Waals surface area contributed by atoms with Gasteiger partial charge in [0.05, 0.1) is 11.5 Å². The van der Waals surface area contributed by atoms with Crippen molar-refractivity contribution in [3.8, 4) is 0 Å². The van der Waals surface area contributed by atoms with E-state index in [-0.39, 0.29) is 6.10 Å². The third kappa shape index (κ3) is 3.19. The minimum Gasteiger partial charge on any atom is -0.481 e. The second-order valence-electron chi connectivity index (χ2n) is 5.45. The fourth-order valence-corrected chi connectivity index (χ4v) is 2.27. The van der Waals surface area contributed by atoms with Crippen molar-refractivity contribution < 1.29 is 15.0 Å². The fraction of sp³-hybridized carbons (Fsp3) is 0.917. The van der Waals surface area contributed by atoms with Crippen molar-refractivity contribution in [1.82, 2.24) is 4.90 Å². The molecule has 0 aromatic heterocycles. The second-order valence-corrected chi connectivity index (χ2v) is 5.45. The predicted octanol–water partition coefficient (Wildman–Crippen LogP) is 1.19. The minimum atomic E-state index is -0.758. The molecule has 0 radical (unpaired) electrons. The number of hydrogen-bond acceptors (Lipinski definition) is 3.